The molecule has 62 heavy (non-hydrogen) atoms. The van der Waals surface area contributed by atoms with E-state index in [1.807, 2.05) is 60.7 Å². The molecule has 6 aromatic rings. The first-order valence-electron chi connectivity index (χ1n) is 20.7. The van der Waals surface area contributed by atoms with Gasteiger partial charge in [0.05, 0.1) is 47.6 Å². The number of halogens is 2. The van der Waals surface area contributed by atoms with E-state index < -0.39 is 17.4 Å². The Hall–Kier alpha value is -5.24. The third kappa shape index (κ3) is 9.26. The molecule has 4 aromatic carbocycles. The molecule has 0 aliphatic carbocycles. The predicted molar refractivity (Wildman–Crippen MR) is 243 cm³/mol. The van der Waals surface area contributed by atoms with Crippen LogP contribution < -0.4 is 20.7 Å². The first-order valence-corrected chi connectivity index (χ1v) is 21.5. The van der Waals surface area contributed by atoms with Crippen LogP contribution >= 0.6 is 23.2 Å². The van der Waals surface area contributed by atoms with Gasteiger partial charge in [-0.05, 0) is 36.1 Å². The summed E-state index contributed by atoms with van der Waals surface area (Å²) in [4.78, 5) is 32.2. The minimum atomic E-state index is -1.17. The van der Waals surface area contributed by atoms with Gasteiger partial charge in [-0.1, -0.05) is 96.0 Å². The van der Waals surface area contributed by atoms with E-state index in [2.05, 4.69) is 23.0 Å². The second-order valence-corrected chi connectivity index (χ2v) is 16.2. The summed E-state index contributed by atoms with van der Waals surface area (Å²) in [7, 11) is 0. The van der Waals surface area contributed by atoms with Gasteiger partial charge < -0.3 is 32.9 Å². The lowest BCUT2D eigenvalue weighted by atomic mass is 9.94. The highest BCUT2D eigenvalue weighted by Gasteiger charge is 2.27. The topological polar surface area (TPSA) is 124 Å². The summed E-state index contributed by atoms with van der Waals surface area (Å²) in [5.41, 5.74) is 4.99. The van der Waals surface area contributed by atoms with Crippen LogP contribution in [-0.4, -0.2) is 86.8 Å². The zero-order valence-electron chi connectivity index (χ0n) is 34.3. The molecule has 2 aromatic heterocycles. The molecule has 0 spiro atoms. The van der Waals surface area contributed by atoms with E-state index in [0.29, 0.717) is 110 Å². The highest BCUT2D eigenvalue weighted by molar-refractivity contribution is 6.33. The van der Waals surface area contributed by atoms with Crippen molar-refractivity contribution < 1.29 is 32.9 Å². The molecule has 2 saturated heterocycles. The van der Waals surface area contributed by atoms with Crippen LogP contribution in [0.1, 0.15) is 22.3 Å². The van der Waals surface area contributed by atoms with Crippen LogP contribution in [0.5, 0.6) is 11.5 Å². The fraction of sp³-hybridized carbons (Fsp3) is 0.306. The molecule has 0 radical (unpaired) electrons. The van der Waals surface area contributed by atoms with Gasteiger partial charge in [-0.2, -0.15) is 0 Å². The minimum absolute atomic E-state index is 0.236. The lowest BCUT2D eigenvalue weighted by Crippen LogP contribution is -2.37. The summed E-state index contributed by atoms with van der Waals surface area (Å²) >= 11 is 14.0. The quantitative estimate of drug-likeness (QED) is 0.0744. The van der Waals surface area contributed by atoms with Crippen molar-refractivity contribution in [2.75, 3.05) is 65.8 Å². The van der Waals surface area contributed by atoms with E-state index in [1.54, 1.807) is 24.3 Å². The fourth-order valence-electron chi connectivity index (χ4n) is 8.28. The summed E-state index contributed by atoms with van der Waals surface area (Å²) in [5, 5.41) is 13.2. The van der Waals surface area contributed by atoms with Gasteiger partial charge in [0.15, 0.2) is 0 Å². The maximum Gasteiger partial charge on any atom is 0.341 e. The average Bonchev–Trinajstić information content (AvgIpc) is 3.28. The third-order valence-electron chi connectivity index (χ3n) is 11.2. The standard InChI is InChI=1S/C49H48Cl2N2O9/c1-3-11-34-44-36(42(31-13-7-5-8-14-31)38(48(55)61-44)27-52-17-21-57-22-18-52)25-40(50)46(34)59-29-33(54)30-60-47-35(12-4-2)45-37(26-41(47)51)43(32-15-9-6-10-16-32)39(49(56)62-45)28-53-19-23-58-24-20-53/h3-10,13-16,25-26,33,54H,1-2,11-12,17-24,27-30H2. The molecule has 2 aliphatic heterocycles. The van der Waals surface area contributed by atoms with Crippen LogP contribution in [0.2, 0.25) is 10.0 Å². The van der Waals surface area contributed by atoms with Crippen LogP contribution in [-0.2, 0) is 35.4 Å². The van der Waals surface area contributed by atoms with E-state index in [4.69, 9.17) is 51.0 Å². The van der Waals surface area contributed by atoms with Crippen molar-refractivity contribution >= 4 is 45.1 Å². The van der Waals surface area contributed by atoms with Crippen LogP contribution in [0.15, 0.2) is 117 Å². The number of fused-ring (bicyclic) bond motifs is 2. The minimum Gasteiger partial charge on any atom is -0.489 e. The molecule has 0 saturated carbocycles. The van der Waals surface area contributed by atoms with Gasteiger partial charge in [-0.15, -0.1) is 13.2 Å². The number of nitrogens with zero attached hydrogens (tertiary/aromatic N) is 2. The van der Waals surface area contributed by atoms with Crippen LogP contribution in [0, 0.1) is 0 Å². The number of aliphatic hydroxyl groups is 1. The molecule has 2 fully saturated rings. The summed E-state index contributed by atoms with van der Waals surface area (Å²) < 4.78 is 35.8. The van der Waals surface area contributed by atoms with Gasteiger partial charge in [-0.25, -0.2) is 9.59 Å². The molecule has 1 N–H and O–H groups in total. The van der Waals surface area contributed by atoms with Gasteiger partial charge in [0.25, 0.3) is 0 Å². The van der Waals surface area contributed by atoms with Crippen molar-refractivity contribution in [1.82, 2.24) is 9.80 Å². The molecule has 4 heterocycles. The Balaban J connectivity index is 1.10. The first kappa shape index (κ1) is 43.4. The summed E-state index contributed by atoms with van der Waals surface area (Å²) in [6, 6.07) is 22.9. The lowest BCUT2D eigenvalue weighted by molar-refractivity contribution is 0.0338. The second-order valence-electron chi connectivity index (χ2n) is 15.3. The van der Waals surface area contributed by atoms with Crippen molar-refractivity contribution in [2.24, 2.45) is 0 Å². The van der Waals surface area contributed by atoms with Crippen LogP contribution in [0.3, 0.4) is 0 Å². The lowest BCUT2D eigenvalue weighted by Gasteiger charge is -2.27. The fourth-order valence-corrected chi connectivity index (χ4v) is 8.83. The molecule has 11 nitrogen and oxygen atoms in total. The van der Waals surface area contributed by atoms with E-state index in [0.717, 1.165) is 22.3 Å². The Bertz CT molecular complexity index is 2510. The molecule has 322 valence electrons. The van der Waals surface area contributed by atoms with E-state index in [9.17, 15) is 14.7 Å². The molecule has 13 heteroatoms. The maximum absolute atomic E-state index is 13.9. The number of hydrogen-bond donors (Lipinski definition) is 1. The Kier molecular flexibility index (Phi) is 13.9. The van der Waals surface area contributed by atoms with E-state index in [-0.39, 0.29) is 47.6 Å². The molecule has 0 atom stereocenters. The van der Waals surface area contributed by atoms with E-state index >= 15 is 0 Å². The molecule has 0 amide bonds. The normalized spacial score (nSPS) is 15.0. The Morgan fingerprint density at radius 3 is 1.39 bits per heavy atom. The summed E-state index contributed by atoms with van der Waals surface area (Å²) in [6.45, 7) is 13.3. The van der Waals surface area contributed by atoms with Crippen molar-refractivity contribution in [3.63, 3.8) is 0 Å². The number of aliphatic hydroxyl groups excluding tert-OH is 1. The SMILES string of the molecule is C=CCc1c(OCC(O)COc2c(Cl)cc3c(-c4ccccc4)c(CN4CCOCC4)c(=O)oc3c2CC=C)c(Cl)cc2c(-c3ccccc3)c(CN3CCOCC3)c(=O)oc12. The number of morpholine rings is 2. The smallest absolute Gasteiger partial charge is 0.341 e. The number of allylic oxidation sites excluding steroid dienone is 2. The summed E-state index contributed by atoms with van der Waals surface area (Å²) in [6.07, 6.45) is 2.71. The second kappa shape index (κ2) is 19.9. The predicted octanol–water partition coefficient (Wildman–Crippen LogP) is 8.48. The van der Waals surface area contributed by atoms with Gasteiger partial charge in [0.1, 0.15) is 42.0 Å². The molecule has 0 bridgehead atoms. The van der Waals surface area contributed by atoms with Crippen LogP contribution in [0.25, 0.3) is 44.2 Å². The molecule has 2 aliphatic rings. The van der Waals surface area contributed by atoms with Crippen molar-refractivity contribution in [1.29, 1.82) is 0 Å². The largest absolute Gasteiger partial charge is 0.489 e. The molecular weight excluding hydrogens is 831 g/mol. The molecular formula is C49H48Cl2N2O9. The number of benzene rings is 4. The average molecular weight is 880 g/mol. The third-order valence-corrected chi connectivity index (χ3v) is 11.8. The Labute approximate surface area is 369 Å². The van der Waals surface area contributed by atoms with Crippen LogP contribution in [0.4, 0.5) is 0 Å². The Morgan fingerprint density at radius 2 is 1.02 bits per heavy atom. The zero-order valence-corrected chi connectivity index (χ0v) is 35.8. The Morgan fingerprint density at radius 1 is 0.629 bits per heavy atom. The highest BCUT2D eigenvalue weighted by atomic mass is 35.5. The maximum atomic E-state index is 13.9. The summed E-state index contributed by atoms with van der Waals surface area (Å²) in [5.74, 6) is 0.501. The molecule has 8 rings (SSSR count). The number of hydrogen-bond acceptors (Lipinski definition) is 11. The van der Waals surface area contributed by atoms with Gasteiger partial charge >= 0.3 is 11.3 Å². The van der Waals surface area contributed by atoms with Gasteiger partial charge in [0.2, 0.25) is 0 Å². The highest BCUT2D eigenvalue weighted by Crippen LogP contribution is 2.43. The van der Waals surface area contributed by atoms with Gasteiger partial charge in [-0.3, -0.25) is 9.80 Å². The monoisotopic (exact) mass is 878 g/mol. The zero-order chi connectivity index (χ0) is 43.2. The first-order chi connectivity index (χ1) is 30.2. The van der Waals surface area contributed by atoms with Gasteiger partial charge in [0, 0.05) is 72.3 Å². The number of ether oxygens (including phenoxy) is 4. The van der Waals surface area contributed by atoms with Crippen molar-refractivity contribution in [3.8, 4) is 33.8 Å². The van der Waals surface area contributed by atoms with E-state index in [1.165, 1.54) is 0 Å². The van der Waals surface area contributed by atoms with Crippen molar-refractivity contribution in [3.05, 3.63) is 151 Å². The molecule has 0 unspecified atom stereocenters. The van der Waals surface area contributed by atoms with Crippen molar-refractivity contribution in [2.45, 2.75) is 32.0 Å². The number of rotatable bonds is 16.